The highest BCUT2D eigenvalue weighted by atomic mass is 35.5. The molecule has 0 bridgehead atoms. The molecule has 0 unspecified atom stereocenters. The maximum absolute atomic E-state index is 15.5. The van der Waals surface area contributed by atoms with Gasteiger partial charge in [0.15, 0.2) is 11.5 Å². The van der Waals surface area contributed by atoms with Crippen LogP contribution < -0.4 is 24.5 Å². The highest BCUT2D eigenvalue weighted by molar-refractivity contribution is 6.36. The Kier molecular flexibility index (Phi) is 9.22. The number of hydrogen-bond acceptors (Lipinski definition) is 9. The van der Waals surface area contributed by atoms with E-state index in [0.29, 0.717) is 38.2 Å². The summed E-state index contributed by atoms with van der Waals surface area (Å²) in [5.41, 5.74) is 3.72. The Balaban J connectivity index is 1.36. The van der Waals surface area contributed by atoms with E-state index in [-0.39, 0.29) is 46.7 Å². The lowest BCUT2D eigenvalue weighted by molar-refractivity contribution is -0.138. The lowest BCUT2D eigenvalue weighted by atomic mass is 9.49. The van der Waals surface area contributed by atoms with Crippen LogP contribution >= 0.6 is 34.8 Å². The van der Waals surface area contributed by atoms with Crippen LogP contribution in [0.2, 0.25) is 15.1 Å². The number of phenolic OH excluding ortho intramolecular Hbond substituents is 1. The molecule has 6 atom stereocenters. The molecule has 11 nitrogen and oxygen atoms in total. The third kappa shape index (κ3) is 5.54. The van der Waals surface area contributed by atoms with Gasteiger partial charge < -0.3 is 19.3 Å². The first-order valence-corrected chi connectivity index (χ1v) is 18.6. The average molecular weight is 803 g/mol. The summed E-state index contributed by atoms with van der Waals surface area (Å²) in [4.78, 5) is 60.4. The topological polar surface area (TPSA) is 135 Å². The van der Waals surface area contributed by atoms with Gasteiger partial charge in [-0.25, -0.2) is 0 Å². The Labute approximate surface area is 331 Å². The number of aromatic hydroxyl groups is 1. The summed E-state index contributed by atoms with van der Waals surface area (Å²) >= 11 is 18.9. The second-order valence-corrected chi connectivity index (χ2v) is 15.3. The number of halogens is 3. The number of methoxy groups -OCH3 is 3. The smallest absolute Gasteiger partial charge is 0.260 e. The fourth-order valence-corrected chi connectivity index (χ4v) is 9.72. The molecule has 4 amide bonds. The number of benzene rings is 4. The van der Waals surface area contributed by atoms with Crippen LogP contribution in [-0.2, 0) is 24.6 Å². The molecule has 4 aromatic carbocycles. The minimum absolute atomic E-state index is 0.0620. The lowest BCUT2D eigenvalue weighted by Gasteiger charge is -2.50. The summed E-state index contributed by atoms with van der Waals surface area (Å²) < 4.78 is 16.7. The molecule has 2 aliphatic heterocycles. The van der Waals surface area contributed by atoms with Gasteiger partial charge >= 0.3 is 0 Å². The van der Waals surface area contributed by atoms with Gasteiger partial charge in [-0.3, -0.25) is 29.5 Å². The molecule has 0 radical (unpaired) electrons. The van der Waals surface area contributed by atoms with Gasteiger partial charge in [-0.15, -0.1) is 0 Å². The van der Waals surface area contributed by atoms with Gasteiger partial charge in [0.25, 0.3) is 11.8 Å². The van der Waals surface area contributed by atoms with E-state index in [9.17, 15) is 14.7 Å². The molecule has 55 heavy (non-hydrogen) atoms. The van der Waals surface area contributed by atoms with Crippen LogP contribution in [0.4, 0.5) is 11.4 Å². The van der Waals surface area contributed by atoms with E-state index in [1.54, 1.807) is 72.8 Å². The number of carbonyl (C=O) groups is 4. The molecule has 4 aromatic rings. The largest absolute Gasteiger partial charge is 0.502 e. The number of hydrogen-bond donors (Lipinski definition) is 2. The molecular weight excluding hydrogens is 769 g/mol. The number of anilines is 2. The van der Waals surface area contributed by atoms with Crippen molar-refractivity contribution < 1.29 is 38.5 Å². The SMILES string of the molecule is COc1ccc([C@@]23C(=O)N(Nc4ccc(Cl)cc4Cl)C(=O)[C@@H]2C[C@@H]2C(=CC[C@@H]4C(=O)N(c5ccc(Cl)cc5)C(=O)[C@@H]42)[C@@H]3c2cc(OC)c(O)c(OC)c2)cc1. The molecule has 8 rings (SSSR count). The van der Waals surface area contributed by atoms with E-state index >= 15 is 9.59 Å². The van der Waals surface area contributed by atoms with Crippen molar-refractivity contribution in [3.05, 3.63) is 117 Å². The summed E-state index contributed by atoms with van der Waals surface area (Å²) in [6.45, 7) is 0. The molecule has 2 N–H and O–H groups in total. The van der Waals surface area contributed by atoms with Crippen molar-refractivity contribution in [2.75, 3.05) is 31.7 Å². The van der Waals surface area contributed by atoms with Crippen LogP contribution in [0.3, 0.4) is 0 Å². The maximum Gasteiger partial charge on any atom is 0.260 e. The molecule has 0 spiro atoms. The molecule has 2 aliphatic carbocycles. The number of carbonyl (C=O) groups excluding carboxylic acids is 4. The highest BCUT2D eigenvalue weighted by Crippen LogP contribution is 2.65. The van der Waals surface area contributed by atoms with Crippen LogP contribution in [0, 0.1) is 23.7 Å². The van der Waals surface area contributed by atoms with Crippen molar-refractivity contribution in [2.24, 2.45) is 23.7 Å². The van der Waals surface area contributed by atoms with Crippen LogP contribution in [0.5, 0.6) is 23.0 Å². The van der Waals surface area contributed by atoms with Crippen LogP contribution in [0.1, 0.15) is 29.9 Å². The Morgan fingerprint density at radius 2 is 1.42 bits per heavy atom. The van der Waals surface area contributed by atoms with Gasteiger partial charge in [-0.2, -0.15) is 5.01 Å². The van der Waals surface area contributed by atoms with E-state index < -0.39 is 52.7 Å². The second-order valence-electron chi connectivity index (χ2n) is 14.0. The normalized spacial score (nSPS) is 25.6. The number of hydrazine groups is 1. The van der Waals surface area contributed by atoms with Crippen molar-refractivity contribution >= 4 is 69.8 Å². The average Bonchev–Trinajstić information content (AvgIpc) is 3.57. The number of rotatable bonds is 8. The van der Waals surface area contributed by atoms with Gasteiger partial charge in [0, 0.05) is 16.0 Å². The van der Waals surface area contributed by atoms with E-state index in [4.69, 9.17) is 49.0 Å². The zero-order valence-corrected chi connectivity index (χ0v) is 32.0. The van der Waals surface area contributed by atoms with E-state index in [2.05, 4.69) is 5.43 Å². The maximum atomic E-state index is 15.5. The van der Waals surface area contributed by atoms with Crippen LogP contribution in [0.25, 0.3) is 0 Å². The summed E-state index contributed by atoms with van der Waals surface area (Å²) in [5.74, 6) is -5.61. The molecule has 282 valence electrons. The minimum atomic E-state index is -1.63. The van der Waals surface area contributed by atoms with Crippen molar-refractivity contribution in [3.8, 4) is 23.0 Å². The summed E-state index contributed by atoms with van der Waals surface area (Å²) in [6, 6.07) is 21.3. The zero-order chi connectivity index (χ0) is 38.9. The molecule has 3 fully saturated rings. The predicted octanol–water partition coefficient (Wildman–Crippen LogP) is 7.57. The number of imide groups is 2. The van der Waals surface area contributed by atoms with Crippen molar-refractivity contribution in [3.63, 3.8) is 0 Å². The van der Waals surface area contributed by atoms with Gasteiger partial charge in [0.2, 0.25) is 17.6 Å². The van der Waals surface area contributed by atoms with Gasteiger partial charge in [-0.1, -0.05) is 58.6 Å². The third-order valence-corrected chi connectivity index (χ3v) is 12.3. The summed E-state index contributed by atoms with van der Waals surface area (Å²) in [7, 11) is 4.32. The minimum Gasteiger partial charge on any atom is -0.502 e. The fraction of sp³-hybridized carbons (Fsp3) is 0.268. The Bertz CT molecular complexity index is 2270. The van der Waals surface area contributed by atoms with Crippen LogP contribution in [0.15, 0.2) is 90.5 Å². The number of nitrogens with zero attached hydrogens (tertiary/aromatic N) is 2. The molecule has 0 aromatic heterocycles. The number of phenols is 1. The Hall–Kier alpha value is -5.23. The highest BCUT2D eigenvalue weighted by Gasteiger charge is 2.70. The molecule has 14 heteroatoms. The van der Waals surface area contributed by atoms with Gasteiger partial charge in [0.05, 0.1) is 60.9 Å². The predicted molar refractivity (Wildman–Crippen MR) is 206 cm³/mol. The molecule has 1 saturated carbocycles. The zero-order valence-electron chi connectivity index (χ0n) is 29.7. The van der Waals surface area contributed by atoms with Gasteiger partial charge in [-0.05, 0) is 96.6 Å². The van der Waals surface area contributed by atoms with Crippen LogP contribution in [-0.4, -0.2) is 55.1 Å². The van der Waals surface area contributed by atoms with Crippen molar-refractivity contribution in [1.29, 1.82) is 0 Å². The monoisotopic (exact) mass is 801 g/mol. The van der Waals surface area contributed by atoms with Gasteiger partial charge in [0.1, 0.15) is 5.75 Å². The van der Waals surface area contributed by atoms with E-state index in [1.165, 1.54) is 32.3 Å². The quantitative estimate of drug-likeness (QED) is 0.137. The van der Waals surface area contributed by atoms with Crippen molar-refractivity contribution in [1.82, 2.24) is 5.01 Å². The number of allylic oxidation sites excluding steroid dienone is 2. The molecule has 2 heterocycles. The third-order valence-electron chi connectivity index (χ3n) is 11.5. The second kappa shape index (κ2) is 13.8. The molecule has 2 saturated heterocycles. The Morgan fingerprint density at radius 3 is 2.04 bits per heavy atom. The first-order valence-electron chi connectivity index (χ1n) is 17.5. The molecule has 4 aliphatic rings. The van der Waals surface area contributed by atoms with E-state index in [0.717, 1.165) is 5.01 Å². The first-order chi connectivity index (χ1) is 26.4. The number of nitrogens with one attached hydrogen (secondary N) is 1. The molecular formula is C41H34Cl3N3O8. The fourth-order valence-electron chi connectivity index (χ4n) is 9.14. The first kappa shape index (κ1) is 36.7. The number of amides is 4. The number of fused-ring (bicyclic) bond motifs is 4. The summed E-state index contributed by atoms with van der Waals surface area (Å²) in [5, 5.41) is 13.0. The lowest BCUT2D eigenvalue weighted by Crippen LogP contribution is -2.53. The number of ether oxygens (including phenoxy) is 3. The summed E-state index contributed by atoms with van der Waals surface area (Å²) in [6.07, 6.45) is 2.21. The van der Waals surface area contributed by atoms with E-state index in [1.807, 2.05) is 6.08 Å². The van der Waals surface area contributed by atoms with Crippen molar-refractivity contribution in [2.45, 2.75) is 24.2 Å². The standard InChI is InChI=1S/C41H34Cl3N3O8/c1-53-25-11-4-21(5-12-25)41-29(38(50)47(40(41)52)45-31-15-8-23(43)18-30(31)44)19-28-26(35(41)20-16-32(54-2)36(48)33(17-20)55-3)13-14-27-34(28)39(51)46(37(27)49)24-9-6-22(42)7-10-24/h4-13,15-18,27-29,34-35,45,48H,14,19H2,1-3H3/t27-,28+,29-,34-,35-,41+/m0/s1. The Morgan fingerprint density at radius 1 is 0.764 bits per heavy atom.